The van der Waals surface area contributed by atoms with Gasteiger partial charge in [0.05, 0.1) is 6.54 Å². The number of rotatable bonds is 9. The monoisotopic (exact) mass is 341 g/mol. The van der Waals surface area contributed by atoms with Gasteiger partial charge in [-0.3, -0.25) is 25.3 Å². The van der Waals surface area contributed by atoms with Crippen LogP contribution in [0.4, 0.5) is 0 Å². The quantitative estimate of drug-likeness (QED) is 0.674. The number of hydrogen-bond donors (Lipinski definition) is 2. The highest BCUT2D eigenvalue weighted by Crippen LogP contribution is 2.15. The van der Waals surface area contributed by atoms with Crippen molar-refractivity contribution in [1.29, 1.82) is 0 Å². The molecule has 1 rings (SSSR count). The molecule has 1 aromatic carbocycles. The minimum absolute atomic E-state index is 0.185. The lowest BCUT2D eigenvalue weighted by molar-refractivity contribution is -0.130. The molecule has 0 saturated carbocycles. The van der Waals surface area contributed by atoms with Gasteiger partial charge in [-0.15, -0.1) is 0 Å². The van der Waals surface area contributed by atoms with Gasteiger partial charge in [0.15, 0.2) is 6.61 Å². The number of ether oxygens (including phenoxy) is 1. The molecule has 2 N–H and O–H groups in total. The summed E-state index contributed by atoms with van der Waals surface area (Å²) < 4.78 is 5.28. The Morgan fingerprint density at radius 1 is 1.04 bits per heavy atom. The van der Waals surface area contributed by atoms with Gasteiger partial charge in [-0.1, -0.05) is 25.4 Å². The fraction of sp³-hybridized carbons (Fsp3) is 0.500. The molecule has 128 valence electrons. The number of hydrogen-bond acceptors (Lipinski definition) is 4. The molecule has 6 nitrogen and oxygen atoms in total. The van der Waals surface area contributed by atoms with E-state index in [0.717, 1.165) is 25.9 Å². The van der Waals surface area contributed by atoms with Crippen molar-refractivity contribution >= 4 is 23.4 Å². The number of halogens is 1. The summed E-state index contributed by atoms with van der Waals surface area (Å²) in [6, 6.07) is 6.68. The smallest absolute Gasteiger partial charge is 0.276 e. The molecule has 0 aliphatic carbocycles. The first-order valence-corrected chi connectivity index (χ1v) is 8.11. The van der Waals surface area contributed by atoms with Gasteiger partial charge in [0.1, 0.15) is 5.75 Å². The fourth-order valence-electron chi connectivity index (χ4n) is 2.00. The van der Waals surface area contributed by atoms with E-state index in [4.69, 9.17) is 16.3 Å². The van der Waals surface area contributed by atoms with Gasteiger partial charge < -0.3 is 4.74 Å². The van der Waals surface area contributed by atoms with E-state index in [0.29, 0.717) is 10.8 Å². The van der Waals surface area contributed by atoms with Crippen LogP contribution in [-0.2, 0) is 9.59 Å². The summed E-state index contributed by atoms with van der Waals surface area (Å²) in [7, 11) is 0. The van der Waals surface area contributed by atoms with Crippen molar-refractivity contribution in [2.75, 3.05) is 26.2 Å². The molecule has 0 aromatic heterocycles. The van der Waals surface area contributed by atoms with Gasteiger partial charge in [-0.2, -0.15) is 0 Å². The summed E-state index contributed by atoms with van der Waals surface area (Å²) >= 11 is 5.76. The third-order valence-corrected chi connectivity index (χ3v) is 3.22. The molecule has 0 bridgehead atoms. The molecule has 0 saturated heterocycles. The van der Waals surface area contributed by atoms with Gasteiger partial charge in [0.2, 0.25) is 0 Å². The molecule has 23 heavy (non-hydrogen) atoms. The standard InChI is InChI=1S/C16H24ClN3O3/c1-3-9-20(10-4-2)11-15(21)18-19-16(22)12-23-14-7-5-13(17)6-8-14/h5-8H,3-4,9-12H2,1-2H3,(H,18,21)(H,19,22). The fourth-order valence-corrected chi connectivity index (χ4v) is 2.13. The van der Waals surface area contributed by atoms with E-state index in [-0.39, 0.29) is 19.1 Å². The third-order valence-electron chi connectivity index (χ3n) is 2.97. The van der Waals surface area contributed by atoms with Gasteiger partial charge in [0.25, 0.3) is 11.8 Å². The first-order valence-electron chi connectivity index (χ1n) is 7.73. The van der Waals surface area contributed by atoms with Crippen molar-refractivity contribution in [3.8, 4) is 5.75 Å². The van der Waals surface area contributed by atoms with Crippen molar-refractivity contribution in [2.24, 2.45) is 0 Å². The molecule has 0 aliphatic rings. The largest absolute Gasteiger partial charge is 0.484 e. The van der Waals surface area contributed by atoms with Crippen LogP contribution in [0.1, 0.15) is 26.7 Å². The topological polar surface area (TPSA) is 70.7 Å². The maximum Gasteiger partial charge on any atom is 0.276 e. The minimum Gasteiger partial charge on any atom is -0.484 e. The van der Waals surface area contributed by atoms with Crippen LogP contribution in [0.15, 0.2) is 24.3 Å². The van der Waals surface area contributed by atoms with Crippen LogP contribution >= 0.6 is 11.6 Å². The maximum absolute atomic E-state index is 11.8. The van der Waals surface area contributed by atoms with Crippen LogP contribution in [0, 0.1) is 0 Å². The molecule has 0 radical (unpaired) electrons. The SMILES string of the molecule is CCCN(CCC)CC(=O)NNC(=O)COc1ccc(Cl)cc1. The van der Waals surface area contributed by atoms with Crippen LogP contribution in [0.2, 0.25) is 5.02 Å². The van der Waals surface area contributed by atoms with E-state index in [1.165, 1.54) is 0 Å². The number of carbonyl (C=O) groups is 2. The van der Waals surface area contributed by atoms with Crippen LogP contribution in [-0.4, -0.2) is 43.0 Å². The van der Waals surface area contributed by atoms with Crippen molar-refractivity contribution in [2.45, 2.75) is 26.7 Å². The zero-order valence-corrected chi connectivity index (χ0v) is 14.4. The highest BCUT2D eigenvalue weighted by molar-refractivity contribution is 6.30. The summed E-state index contributed by atoms with van der Waals surface area (Å²) in [4.78, 5) is 25.5. The van der Waals surface area contributed by atoms with Crippen LogP contribution < -0.4 is 15.6 Å². The molecular formula is C16H24ClN3O3. The Bertz CT molecular complexity index is 488. The van der Waals surface area contributed by atoms with Crippen LogP contribution in [0.25, 0.3) is 0 Å². The molecule has 2 amide bonds. The summed E-state index contributed by atoms with van der Waals surface area (Å²) in [6.45, 7) is 5.92. The number of nitrogens with one attached hydrogen (secondary N) is 2. The average Bonchev–Trinajstić information content (AvgIpc) is 2.53. The number of benzene rings is 1. The Morgan fingerprint density at radius 2 is 1.61 bits per heavy atom. The van der Waals surface area contributed by atoms with E-state index < -0.39 is 5.91 Å². The summed E-state index contributed by atoms with van der Waals surface area (Å²) in [5, 5.41) is 0.595. The molecule has 7 heteroatoms. The Balaban J connectivity index is 2.26. The summed E-state index contributed by atoms with van der Waals surface area (Å²) in [5.74, 6) is -0.134. The van der Waals surface area contributed by atoms with Crippen molar-refractivity contribution in [3.05, 3.63) is 29.3 Å². The highest BCUT2D eigenvalue weighted by atomic mass is 35.5. The Hall–Kier alpha value is -1.79. The van der Waals surface area contributed by atoms with Crippen LogP contribution in [0.3, 0.4) is 0 Å². The molecule has 0 spiro atoms. The van der Waals surface area contributed by atoms with Crippen molar-refractivity contribution < 1.29 is 14.3 Å². The normalized spacial score (nSPS) is 10.4. The second-order valence-electron chi connectivity index (χ2n) is 5.12. The number of amides is 2. The second kappa shape index (κ2) is 10.9. The Labute approximate surface area is 142 Å². The van der Waals surface area contributed by atoms with E-state index in [1.54, 1.807) is 24.3 Å². The van der Waals surface area contributed by atoms with Crippen molar-refractivity contribution in [3.63, 3.8) is 0 Å². The second-order valence-corrected chi connectivity index (χ2v) is 5.55. The molecular weight excluding hydrogens is 318 g/mol. The third kappa shape index (κ3) is 8.42. The number of carbonyl (C=O) groups excluding carboxylic acids is 2. The Kier molecular flexibility index (Phi) is 9.09. The van der Waals surface area contributed by atoms with Crippen LogP contribution in [0.5, 0.6) is 5.75 Å². The van der Waals surface area contributed by atoms with Gasteiger partial charge >= 0.3 is 0 Å². The van der Waals surface area contributed by atoms with Gasteiger partial charge in [-0.25, -0.2) is 0 Å². The van der Waals surface area contributed by atoms with Gasteiger partial charge in [0, 0.05) is 5.02 Å². The average molecular weight is 342 g/mol. The molecule has 0 heterocycles. The molecule has 0 aliphatic heterocycles. The van der Waals surface area contributed by atoms with E-state index in [9.17, 15) is 9.59 Å². The predicted octanol–water partition coefficient (Wildman–Crippen LogP) is 1.99. The zero-order valence-electron chi connectivity index (χ0n) is 13.6. The first kappa shape index (κ1) is 19.3. The minimum atomic E-state index is -0.425. The van der Waals surface area contributed by atoms with E-state index in [2.05, 4.69) is 24.7 Å². The highest BCUT2D eigenvalue weighted by Gasteiger charge is 2.10. The maximum atomic E-state index is 11.8. The summed E-state index contributed by atoms with van der Waals surface area (Å²) in [6.07, 6.45) is 1.96. The van der Waals surface area contributed by atoms with E-state index >= 15 is 0 Å². The zero-order chi connectivity index (χ0) is 17.1. The number of hydrazine groups is 1. The predicted molar refractivity (Wildman–Crippen MR) is 90.3 cm³/mol. The molecule has 1 aromatic rings. The molecule has 0 fully saturated rings. The molecule has 0 atom stereocenters. The van der Waals surface area contributed by atoms with E-state index in [1.807, 2.05) is 4.90 Å². The number of nitrogens with zero attached hydrogens (tertiary/aromatic N) is 1. The lowest BCUT2D eigenvalue weighted by Crippen LogP contribution is -2.48. The molecule has 0 unspecified atom stereocenters. The lowest BCUT2D eigenvalue weighted by atomic mass is 10.3. The van der Waals surface area contributed by atoms with Crippen molar-refractivity contribution in [1.82, 2.24) is 15.8 Å². The Morgan fingerprint density at radius 3 is 2.17 bits per heavy atom. The summed E-state index contributed by atoms with van der Waals surface area (Å²) in [5.41, 5.74) is 4.73. The first-order chi connectivity index (χ1) is 11.0. The van der Waals surface area contributed by atoms with Gasteiger partial charge in [-0.05, 0) is 50.2 Å². The lowest BCUT2D eigenvalue weighted by Gasteiger charge is -2.20.